The minimum Gasteiger partial charge on any atom is -0.379 e. The molecule has 0 aliphatic carbocycles. The monoisotopic (exact) mass is 574 g/mol. The van der Waals surface area contributed by atoms with Crippen LogP contribution in [0.2, 0.25) is 5.02 Å². The van der Waals surface area contributed by atoms with Gasteiger partial charge in [-0.25, -0.2) is 13.4 Å². The van der Waals surface area contributed by atoms with Crippen LogP contribution in [0.5, 0.6) is 0 Å². The number of benzene rings is 2. The molecule has 0 unspecified atom stereocenters. The Balaban J connectivity index is 1.64. The van der Waals surface area contributed by atoms with Gasteiger partial charge in [0.25, 0.3) is 5.91 Å². The van der Waals surface area contributed by atoms with Gasteiger partial charge in [-0.3, -0.25) is 14.6 Å². The first-order chi connectivity index (χ1) is 18.2. The molecule has 0 atom stereocenters. The van der Waals surface area contributed by atoms with Gasteiger partial charge in [-0.05, 0) is 48.9 Å². The van der Waals surface area contributed by atoms with Crippen LogP contribution in [0.1, 0.15) is 15.9 Å². The van der Waals surface area contributed by atoms with Crippen molar-refractivity contribution < 1.29 is 17.9 Å². The molecule has 0 spiro atoms. The van der Waals surface area contributed by atoms with Gasteiger partial charge in [0.1, 0.15) is 0 Å². The lowest BCUT2D eigenvalue weighted by Gasteiger charge is -2.29. The predicted molar refractivity (Wildman–Crippen MR) is 154 cm³/mol. The fourth-order valence-electron chi connectivity index (χ4n) is 4.24. The number of morpholine rings is 1. The highest BCUT2D eigenvalue weighted by atomic mass is 35.5. The van der Waals surface area contributed by atoms with Gasteiger partial charge in [0.2, 0.25) is 10.0 Å². The van der Waals surface area contributed by atoms with Crippen LogP contribution in [0.4, 0.5) is 5.13 Å². The molecule has 38 heavy (non-hydrogen) atoms. The molecule has 0 saturated carbocycles. The average Bonchev–Trinajstić information content (AvgIpc) is 3.33. The third-order valence-electron chi connectivity index (χ3n) is 6.26. The number of hydrogen-bond donors (Lipinski definition) is 0. The highest BCUT2D eigenvalue weighted by molar-refractivity contribution is 7.89. The van der Waals surface area contributed by atoms with E-state index in [9.17, 15) is 13.2 Å². The smallest absolute Gasteiger partial charge is 0.260 e. The van der Waals surface area contributed by atoms with Crippen molar-refractivity contribution >= 4 is 54.2 Å². The van der Waals surface area contributed by atoms with Crippen LogP contribution in [0.3, 0.4) is 0 Å². The van der Waals surface area contributed by atoms with Crippen molar-refractivity contribution in [3.8, 4) is 0 Å². The van der Waals surface area contributed by atoms with E-state index in [0.29, 0.717) is 42.0 Å². The molecule has 8 nitrogen and oxygen atoms in total. The molecule has 202 valence electrons. The van der Waals surface area contributed by atoms with Gasteiger partial charge >= 0.3 is 0 Å². The Labute approximate surface area is 232 Å². The first-order valence-corrected chi connectivity index (χ1v) is 14.9. The Hall–Kier alpha value is -2.60. The summed E-state index contributed by atoms with van der Waals surface area (Å²) in [6.07, 6.45) is 3.05. The fourth-order valence-corrected chi connectivity index (χ4v) is 7.07. The van der Waals surface area contributed by atoms with Crippen molar-refractivity contribution in [2.24, 2.45) is 0 Å². The topological polar surface area (TPSA) is 83.1 Å². The zero-order chi connectivity index (χ0) is 27.3. The third-order valence-corrected chi connectivity index (χ3v) is 9.35. The largest absolute Gasteiger partial charge is 0.379 e. The molecule has 1 aromatic heterocycles. The zero-order valence-corrected chi connectivity index (χ0v) is 23.7. The summed E-state index contributed by atoms with van der Waals surface area (Å²) in [5.74, 6) is -0.251. The molecule has 2 aromatic carbocycles. The second-order valence-corrected chi connectivity index (χ2v) is 12.3. The number of carbonyl (C=O) groups excluding carboxylic acids is 1. The van der Waals surface area contributed by atoms with E-state index >= 15 is 0 Å². The number of ether oxygens (including phenoxy) is 1. The Morgan fingerprint density at radius 1 is 1.16 bits per heavy atom. The molecule has 3 aromatic rings. The number of aryl methyl sites for hydroxylation is 1. The highest BCUT2D eigenvalue weighted by Crippen LogP contribution is 2.33. The van der Waals surface area contributed by atoms with E-state index in [4.69, 9.17) is 21.3 Å². The van der Waals surface area contributed by atoms with Crippen LogP contribution < -0.4 is 4.90 Å². The lowest BCUT2D eigenvalue weighted by molar-refractivity contribution is 0.0391. The van der Waals surface area contributed by atoms with Crippen molar-refractivity contribution in [2.45, 2.75) is 11.8 Å². The highest BCUT2D eigenvalue weighted by Gasteiger charge is 2.26. The second kappa shape index (κ2) is 12.5. The quantitative estimate of drug-likeness (QED) is 0.311. The van der Waals surface area contributed by atoms with E-state index in [0.717, 1.165) is 28.9 Å². The fraction of sp³-hybridized carbons (Fsp3) is 0.333. The van der Waals surface area contributed by atoms with Crippen LogP contribution >= 0.6 is 22.9 Å². The first kappa shape index (κ1) is 28.4. The summed E-state index contributed by atoms with van der Waals surface area (Å²) in [6.45, 7) is 13.6. The maximum absolute atomic E-state index is 13.8. The number of carbonyl (C=O) groups is 1. The molecule has 0 radical (unpaired) electrons. The summed E-state index contributed by atoms with van der Waals surface area (Å²) >= 11 is 7.67. The zero-order valence-electron chi connectivity index (χ0n) is 21.3. The Bertz CT molecular complexity index is 1410. The van der Waals surface area contributed by atoms with Gasteiger partial charge in [-0.2, -0.15) is 4.31 Å². The number of nitrogens with zero attached hydrogens (tertiary/aromatic N) is 4. The Morgan fingerprint density at radius 3 is 2.45 bits per heavy atom. The molecular formula is C27H31ClN4O4S2. The SMILES string of the molecule is C=CCN(CC=C)S(=O)(=O)c1ccc(C(=O)N(CCN2CCOCC2)c2nc3c(C)cc(Cl)cc3s2)cc1. The van der Waals surface area contributed by atoms with E-state index in [2.05, 4.69) is 18.1 Å². The molecule has 1 amide bonds. The van der Waals surface area contributed by atoms with Crippen molar-refractivity contribution in [2.75, 3.05) is 57.4 Å². The van der Waals surface area contributed by atoms with Crippen LogP contribution in [0, 0.1) is 6.92 Å². The minimum atomic E-state index is -3.77. The number of amides is 1. The van der Waals surface area contributed by atoms with Gasteiger partial charge < -0.3 is 4.74 Å². The maximum Gasteiger partial charge on any atom is 0.260 e. The number of fused-ring (bicyclic) bond motifs is 1. The first-order valence-electron chi connectivity index (χ1n) is 12.2. The van der Waals surface area contributed by atoms with Gasteiger partial charge in [0.15, 0.2) is 5.13 Å². The lowest BCUT2D eigenvalue weighted by atomic mass is 10.2. The van der Waals surface area contributed by atoms with E-state index < -0.39 is 10.0 Å². The molecule has 0 N–H and O–H groups in total. The molecule has 11 heteroatoms. The molecule has 1 fully saturated rings. The number of aromatic nitrogens is 1. The summed E-state index contributed by atoms with van der Waals surface area (Å²) in [5.41, 5.74) is 2.12. The molecule has 0 bridgehead atoms. The maximum atomic E-state index is 13.8. The molecule has 2 heterocycles. The summed E-state index contributed by atoms with van der Waals surface area (Å²) < 4.78 is 33.8. The average molecular weight is 575 g/mol. The van der Waals surface area contributed by atoms with Crippen LogP contribution in [-0.2, 0) is 14.8 Å². The second-order valence-electron chi connectivity index (χ2n) is 8.90. The Morgan fingerprint density at radius 2 is 1.82 bits per heavy atom. The number of sulfonamides is 1. The molecule has 1 saturated heterocycles. The van der Waals surface area contributed by atoms with Crippen LogP contribution in [0.25, 0.3) is 10.2 Å². The molecular weight excluding hydrogens is 544 g/mol. The van der Waals surface area contributed by atoms with E-state index in [1.807, 2.05) is 19.1 Å². The van der Waals surface area contributed by atoms with Gasteiger partial charge in [0.05, 0.1) is 28.3 Å². The normalized spacial score (nSPS) is 14.6. The molecule has 1 aliphatic heterocycles. The minimum absolute atomic E-state index is 0.0999. The number of rotatable bonds is 11. The lowest BCUT2D eigenvalue weighted by Crippen LogP contribution is -2.43. The van der Waals surface area contributed by atoms with Crippen molar-refractivity contribution in [3.05, 3.63) is 77.9 Å². The molecule has 1 aliphatic rings. The van der Waals surface area contributed by atoms with Crippen molar-refractivity contribution in [1.82, 2.24) is 14.2 Å². The van der Waals surface area contributed by atoms with Gasteiger partial charge in [-0.15, -0.1) is 13.2 Å². The van der Waals surface area contributed by atoms with Crippen LogP contribution in [-0.4, -0.2) is 81.0 Å². The number of anilines is 1. The summed E-state index contributed by atoms with van der Waals surface area (Å²) in [5, 5.41) is 1.19. The summed E-state index contributed by atoms with van der Waals surface area (Å²) in [7, 11) is -3.77. The number of hydrogen-bond acceptors (Lipinski definition) is 7. The summed E-state index contributed by atoms with van der Waals surface area (Å²) in [6, 6.07) is 9.73. The molecule has 4 rings (SSSR count). The Kier molecular flexibility index (Phi) is 9.35. The van der Waals surface area contributed by atoms with E-state index in [1.165, 1.54) is 39.9 Å². The third kappa shape index (κ3) is 6.33. The van der Waals surface area contributed by atoms with Crippen LogP contribution in [0.15, 0.2) is 66.6 Å². The number of thiazole rings is 1. The summed E-state index contributed by atoms with van der Waals surface area (Å²) in [4.78, 5) is 22.6. The van der Waals surface area contributed by atoms with E-state index in [-0.39, 0.29) is 23.9 Å². The van der Waals surface area contributed by atoms with Crippen molar-refractivity contribution in [1.29, 1.82) is 0 Å². The predicted octanol–water partition coefficient (Wildman–Crippen LogP) is 4.60. The van der Waals surface area contributed by atoms with Crippen molar-refractivity contribution in [3.63, 3.8) is 0 Å². The number of halogens is 1. The van der Waals surface area contributed by atoms with E-state index in [1.54, 1.807) is 17.0 Å². The van der Waals surface area contributed by atoms with Gasteiger partial charge in [-0.1, -0.05) is 35.1 Å². The standard InChI is InChI=1S/C27H31ClN4O4S2/c1-4-10-31(11-5-2)38(34,35)23-8-6-21(7-9-23)26(33)32(13-12-30-14-16-36-17-15-30)27-29-25-20(3)18-22(28)19-24(25)37-27/h4-9,18-19H,1-2,10-17H2,3H3. The van der Waals surface area contributed by atoms with Gasteiger partial charge in [0, 0.05) is 49.9 Å².